The fraction of sp³-hybridized carbons (Fsp3) is 0. The maximum atomic E-state index is 13.7. The molecule has 0 atom stereocenters. The van der Waals surface area contributed by atoms with Crippen LogP contribution in [0, 0.1) is 11.6 Å². The van der Waals surface area contributed by atoms with Crippen molar-refractivity contribution in [3.8, 4) is 10.6 Å². The van der Waals surface area contributed by atoms with Crippen molar-refractivity contribution >= 4 is 33.1 Å². The number of rotatable bonds is 3. The lowest BCUT2D eigenvalue weighted by atomic mass is 10.2. The third kappa shape index (κ3) is 2.87. The van der Waals surface area contributed by atoms with Gasteiger partial charge in [-0.3, -0.25) is 0 Å². The monoisotopic (exact) mass is 357 g/mol. The number of benzene rings is 2. The number of nitrogens with zero attached hydrogens (tertiary/aromatic N) is 2. The van der Waals surface area contributed by atoms with Gasteiger partial charge >= 0.3 is 5.63 Å². The van der Waals surface area contributed by atoms with Gasteiger partial charge in [0.15, 0.2) is 5.01 Å². The highest BCUT2D eigenvalue weighted by Gasteiger charge is 2.15. The number of para-hydroxylation sites is 2. The molecule has 4 aromatic rings. The third-order valence-electron chi connectivity index (χ3n) is 3.49. The molecule has 0 spiro atoms. The number of hydrogen-bond acceptors (Lipinski definition) is 6. The van der Waals surface area contributed by atoms with Crippen LogP contribution >= 0.6 is 11.3 Å². The van der Waals surface area contributed by atoms with Crippen molar-refractivity contribution in [3.05, 3.63) is 70.6 Å². The minimum atomic E-state index is -0.748. The molecule has 8 heteroatoms. The predicted octanol–water partition coefficient (Wildman–Crippen LogP) is 4.33. The summed E-state index contributed by atoms with van der Waals surface area (Å²) in [5.74, 6) is -1.50. The van der Waals surface area contributed by atoms with Gasteiger partial charge in [-0.15, -0.1) is 10.2 Å². The Labute approximate surface area is 143 Å². The van der Waals surface area contributed by atoms with Gasteiger partial charge in [0.2, 0.25) is 5.13 Å². The molecule has 0 saturated heterocycles. The third-order valence-corrected chi connectivity index (χ3v) is 4.36. The van der Waals surface area contributed by atoms with Gasteiger partial charge in [0.25, 0.3) is 0 Å². The molecule has 4 rings (SSSR count). The second-order valence-corrected chi connectivity index (χ2v) is 6.10. The lowest BCUT2D eigenvalue weighted by Crippen LogP contribution is -2.02. The van der Waals surface area contributed by atoms with Crippen molar-refractivity contribution in [2.24, 2.45) is 0 Å². The highest BCUT2D eigenvalue weighted by molar-refractivity contribution is 7.18. The van der Waals surface area contributed by atoms with E-state index in [9.17, 15) is 13.6 Å². The van der Waals surface area contributed by atoms with Crippen LogP contribution in [0.1, 0.15) is 0 Å². The van der Waals surface area contributed by atoms with E-state index in [1.54, 1.807) is 24.3 Å². The Hall–Kier alpha value is -3.13. The number of fused-ring (bicyclic) bond motifs is 1. The number of hydrogen-bond donors (Lipinski definition) is 1. The Balaban J connectivity index is 1.72. The summed E-state index contributed by atoms with van der Waals surface area (Å²) in [6, 6.07) is 12.2. The molecule has 0 radical (unpaired) electrons. The highest BCUT2D eigenvalue weighted by Crippen LogP contribution is 2.30. The first-order chi connectivity index (χ1) is 12.1. The Bertz CT molecular complexity index is 1120. The van der Waals surface area contributed by atoms with Crippen LogP contribution in [0.3, 0.4) is 0 Å². The van der Waals surface area contributed by atoms with E-state index in [0.29, 0.717) is 10.6 Å². The van der Waals surface area contributed by atoms with Gasteiger partial charge in [0, 0.05) is 5.39 Å². The van der Waals surface area contributed by atoms with E-state index in [1.165, 1.54) is 6.07 Å². The standard InChI is InChI=1S/C17H9F2N3O2S/c18-11-5-3-6-12(19)14(11)20-17-22-21-15(25-17)10-8-9-4-1-2-7-13(9)24-16(10)23/h1-8H,(H,20,22). The Morgan fingerprint density at radius 2 is 1.76 bits per heavy atom. The molecule has 2 aromatic carbocycles. The van der Waals surface area contributed by atoms with Crippen LogP contribution in [0.25, 0.3) is 21.5 Å². The van der Waals surface area contributed by atoms with E-state index in [2.05, 4.69) is 15.5 Å². The summed E-state index contributed by atoms with van der Waals surface area (Å²) in [4.78, 5) is 12.1. The number of aromatic nitrogens is 2. The normalized spacial score (nSPS) is 11.0. The zero-order valence-electron chi connectivity index (χ0n) is 12.5. The molecule has 0 amide bonds. The van der Waals surface area contributed by atoms with Crippen molar-refractivity contribution in [3.63, 3.8) is 0 Å². The number of nitrogens with one attached hydrogen (secondary N) is 1. The first-order valence-electron chi connectivity index (χ1n) is 7.19. The molecule has 2 heterocycles. The molecule has 0 aliphatic rings. The minimum absolute atomic E-state index is 0.159. The van der Waals surface area contributed by atoms with E-state index in [4.69, 9.17) is 4.42 Å². The second-order valence-electron chi connectivity index (χ2n) is 5.12. The summed E-state index contributed by atoms with van der Waals surface area (Å²) in [5.41, 5.74) is -0.181. The Morgan fingerprint density at radius 1 is 1.00 bits per heavy atom. The van der Waals surface area contributed by atoms with Crippen LogP contribution in [-0.4, -0.2) is 10.2 Å². The fourth-order valence-electron chi connectivity index (χ4n) is 2.32. The number of halogens is 2. The van der Waals surface area contributed by atoms with Gasteiger partial charge in [0.1, 0.15) is 22.9 Å². The maximum Gasteiger partial charge on any atom is 0.346 e. The predicted molar refractivity (Wildman–Crippen MR) is 91.0 cm³/mol. The Morgan fingerprint density at radius 3 is 2.56 bits per heavy atom. The smallest absolute Gasteiger partial charge is 0.346 e. The van der Waals surface area contributed by atoms with Crippen LogP contribution in [0.5, 0.6) is 0 Å². The maximum absolute atomic E-state index is 13.7. The summed E-state index contributed by atoms with van der Waals surface area (Å²) >= 11 is 0.994. The van der Waals surface area contributed by atoms with Crippen molar-refractivity contribution < 1.29 is 13.2 Å². The summed E-state index contributed by atoms with van der Waals surface area (Å²) in [6.45, 7) is 0. The molecule has 124 valence electrons. The van der Waals surface area contributed by atoms with Crippen LogP contribution in [-0.2, 0) is 0 Å². The molecule has 5 nitrogen and oxygen atoms in total. The van der Waals surface area contributed by atoms with E-state index in [1.807, 2.05) is 6.07 Å². The van der Waals surface area contributed by atoms with Crippen LogP contribution < -0.4 is 10.9 Å². The van der Waals surface area contributed by atoms with Crippen molar-refractivity contribution in [2.75, 3.05) is 5.32 Å². The van der Waals surface area contributed by atoms with E-state index in [0.717, 1.165) is 28.9 Å². The van der Waals surface area contributed by atoms with Crippen molar-refractivity contribution in [2.45, 2.75) is 0 Å². The average molecular weight is 357 g/mol. The molecule has 0 fully saturated rings. The second kappa shape index (κ2) is 6.06. The molecule has 1 N–H and O–H groups in total. The van der Waals surface area contributed by atoms with Gasteiger partial charge in [-0.05, 0) is 24.3 Å². The first-order valence-corrected chi connectivity index (χ1v) is 8.01. The highest BCUT2D eigenvalue weighted by atomic mass is 32.1. The van der Waals surface area contributed by atoms with Crippen LogP contribution in [0.2, 0.25) is 0 Å². The number of anilines is 2. The molecule has 0 saturated carbocycles. The van der Waals surface area contributed by atoms with Gasteiger partial charge in [-0.2, -0.15) is 0 Å². The van der Waals surface area contributed by atoms with Crippen LogP contribution in [0.4, 0.5) is 19.6 Å². The zero-order chi connectivity index (χ0) is 17.4. The lowest BCUT2D eigenvalue weighted by molar-refractivity contribution is 0.563. The molecule has 0 bridgehead atoms. The van der Waals surface area contributed by atoms with Crippen molar-refractivity contribution in [1.82, 2.24) is 10.2 Å². The summed E-state index contributed by atoms with van der Waals surface area (Å²) in [5, 5.41) is 11.5. The van der Waals surface area contributed by atoms with E-state index in [-0.39, 0.29) is 16.4 Å². The molecule has 0 unspecified atom stereocenters. The SMILES string of the molecule is O=c1oc2ccccc2cc1-c1nnc(Nc2c(F)cccc2F)s1. The lowest BCUT2D eigenvalue weighted by Gasteiger charge is -2.04. The molecule has 0 aliphatic carbocycles. The largest absolute Gasteiger partial charge is 0.422 e. The molecule has 0 aliphatic heterocycles. The minimum Gasteiger partial charge on any atom is -0.422 e. The Kier molecular flexibility index (Phi) is 3.73. The molecular weight excluding hydrogens is 348 g/mol. The van der Waals surface area contributed by atoms with E-state index < -0.39 is 17.3 Å². The topological polar surface area (TPSA) is 68.0 Å². The van der Waals surface area contributed by atoms with Crippen molar-refractivity contribution in [1.29, 1.82) is 0 Å². The quantitative estimate of drug-likeness (QED) is 0.553. The van der Waals surface area contributed by atoms with Gasteiger partial charge in [-0.1, -0.05) is 35.6 Å². The van der Waals surface area contributed by atoms with E-state index >= 15 is 0 Å². The summed E-state index contributed by atoms with van der Waals surface area (Å²) in [7, 11) is 0. The van der Waals surface area contributed by atoms with Gasteiger partial charge in [-0.25, -0.2) is 13.6 Å². The fourth-order valence-corrected chi connectivity index (χ4v) is 3.07. The van der Waals surface area contributed by atoms with Gasteiger partial charge < -0.3 is 9.73 Å². The molecular formula is C17H9F2N3O2S. The average Bonchev–Trinajstić information content (AvgIpc) is 3.06. The summed E-state index contributed by atoms with van der Waals surface area (Å²) < 4.78 is 32.6. The first kappa shape index (κ1) is 15.4. The molecule has 25 heavy (non-hydrogen) atoms. The van der Waals surface area contributed by atoms with Crippen LogP contribution in [0.15, 0.2) is 57.7 Å². The summed E-state index contributed by atoms with van der Waals surface area (Å²) in [6.07, 6.45) is 0. The van der Waals surface area contributed by atoms with Gasteiger partial charge in [0.05, 0.1) is 5.56 Å². The molecule has 2 aromatic heterocycles. The zero-order valence-corrected chi connectivity index (χ0v) is 13.3.